The van der Waals surface area contributed by atoms with Crippen molar-refractivity contribution in [1.82, 2.24) is 0 Å². The minimum absolute atomic E-state index is 0.0871. The van der Waals surface area contributed by atoms with E-state index >= 15 is 0 Å². The van der Waals surface area contributed by atoms with E-state index in [9.17, 15) is 4.79 Å². The summed E-state index contributed by atoms with van der Waals surface area (Å²) < 4.78 is 0. The van der Waals surface area contributed by atoms with Gasteiger partial charge in [0, 0.05) is 10.5 Å². The number of amides is 1. The second kappa shape index (κ2) is 8.53. The quantitative estimate of drug-likeness (QED) is 0.794. The van der Waals surface area contributed by atoms with Crippen molar-refractivity contribution in [2.24, 2.45) is 0 Å². The molecule has 0 saturated carbocycles. The third-order valence-electron chi connectivity index (χ3n) is 4.08. The summed E-state index contributed by atoms with van der Waals surface area (Å²) in [6, 6.07) is 17.3. The second-order valence-corrected chi connectivity index (χ2v) is 6.62. The lowest BCUT2D eigenvalue weighted by Gasteiger charge is -2.21. The first-order valence-corrected chi connectivity index (χ1v) is 9.03. The molecule has 124 valence electrons. The number of nitrogens with zero attached hydrogens (tertiary/aromatic N) is 1. The molecule has 0 spiro atoms. The predicted molar refractivity (Wildman–Crippen MR) is 98.1 cm³/mol. The van der Waals surface area contributed by atoms with Crippen LogP contribution in [0.1, 0.15) is 18.1 Å². The molecule has 4 nitrogen and oxygen atoms in total. The Bertz CT molecular complexity index is 737. The Morgan fingerprint density at radius 2 is 1.92 bits per heavy atom. The molecule has 0 saturated heterocycles. The van der Waals surface area contributed by atoms with Crippen molar-refractivity contribution in [2.45, 2.75) is 24.4 Å². The Hall–Kier alpha value is -2.29. The molecule has 0 aliphatic heterocycles. The van der Waals surface area contributed by atoms with Crippen LogP contribution in [0.5, 0.6) is 0 Å². The van der Waals surface area contributed by atoms with Gasteiger partial charge in [-0.05, 0) is 37.4 Å². The van der Waals surface area contributed by atoms with Gasteiger partial charge in [0.2, 0.25) is 0 Å². The Kier molecular flexibility index (Phi) is 6.42. The van der Waals surface area contributed by atoms with Crippen LogP contribution >= 0.6 is 11.8 Å². The van der Waals surface area contributed by atoms with Gasteiger partial charge in [-0.3, -0.25) is 4.79 Å². The molecule has 0 radical (unpaired) electrons. The summed E-state index contributed by atoms with van der Waals surface area (Å²) in [5, 5.41) is 12.0. The lowest BCUT2D eigenvalue weighted by atomic mass is 10.1. The average molecular weight is 340 g/mol. The van der Waals surface area contributed by atoms with Crippen LogP contribution in [0.3, 0.4) is 0 Å². The summed E-state index contributed by atoms with van der Waals surface area (Å²) in [6.07, 6.45) is 2.05. The standard InChI is InChI=1S/C19H21N3OS/c1-14(19(23)21-18-7-5-4-6-16(18)12-20)22(2)13-15-8-10-17(24-3)11-9-15/h4-11,14H,13H2,1-3H3,(H,21,23)/p+1/t14-/m0/s1. The van der Waals surface area contributed by atoms with Gasteiger partial charge in [0.15, 0.2) is 6.04 Å². The van der Waals surface area contributed by atoms with Gasteiger partial charge in [-0.15, -0.1) is 11.8 Å². The molecule has 2 aromatic rings. The van der Waals surface area contributed by atoms with Crippen LogP contribution in [-0.4, -0.2) is 25.3 Å². The number of para-hydroxylation sites is 1. The number of quaternary nitrogens is 1. The van der Waals surface area contributed by atoms with Gasteiger partial charge in [0.05, 0.1) is 18.3 Å². The number of benzene rings is 2. The van der Waals surface area contributed by atoms with Crippen LogP contribution in [0.4, 0.5) is 5.69 Å². The lowest BCUT2D eigenvalue weighted by molar-refractivity contribution is -0.907. The smallest absolute Gasteiger partial charge is 0.282 e. The van der Waals surface area contributed by atoms with Gasteiger partial charge in [-0.1, -0.05) is 24.3 Å². The normalized spacial score (nSPS) is 12.9. The van der Waals surface area contributed by atoms with Gasteiger partial charge < -0.3 is 10.2 Å². The Morgan fingerprint density at radius 3 is 2.54 bits per heavy atom. The lowest BCUT2D eigenvalue weighted by Crippen LogP contribution is -3.12. The number of carbonyl (C=O) groups excluding carboxylic acids is 1. The molecule has 2 rings (SSSR count). The second-order valence-electron chi connectivity index (χ2n) is 5.74. The zero-order valence-electron chi connectivity index (χ0n) is 14.2. The summed E-state index contributed by atoms with van der Waals surface area (Å²) in [6.45, 7) is 2.67. The Balaban J connectivity index is 2.00. The number of thioether (sulfide) groups is 1. The molecule has 2 aromatic carbocycles. The van der Waals surface area contributed by atoms with Crippen LogP contribution < -0.4 is 10.2 Å². The highest BCUT2D eigenvalue weighted by atomic mass is 32.2. The molecule has 0 aromatic heterocycles. The van der Waals surface area contributed by atoms with Crippen molar-refractivity contribution in [1.29, 1.82) is 5.26 Å². The van der Waals surface area contributed by atoms with E-state index in [0.29, 0.717) is 11.3 Å². The zero-order chi connectivity index (χ0) is 17.5. The molecule has 24 heavy (non-hydrogen) atoms. The van der Waals surface area contributed by atoms with Crippen molar-refractivity contribution in [3.63, 3.8) is 0 Å². The fraction of sp³-hybridized carbons (Fsp3) is 0.263. The van der Waals surface area contributed by atoms with E-state index in [-0.39, 0.29) is 11.9 Å². The van der Waals surface area contributed by atoms with Crippen LogP contribution in [0, 0.1) is 11.3 Å². The fourth-order valence-electron chi connectivity index (χ4n) is 2.37. The first-order valence-electron chi connectivity index (χ1n) is 7.80. The highest BCUT2D eigenvalue weighted by Gasteiger charge is 2.22. The van der Waals surface area contributed by atoms with Gasteiger partial charge >= 0.3 is 0 Å². The molecule has 1 unspecified atom stereocenters. The zero-order valence-corrected chi connectivity index (χ0v) is 15.0. The molecule has 2 N–H and O–H groups in total. The number of rotatable bonds is 6. The van der Waals surface area contributed by atoms with E-state index < -0.39 is 0 Å². The van der Waals surface area contributed by atoms with Gasteiger partial charge in [0.25, 0.3) is 5.91 Å². The van der Waals surface area contributed by atoms with Crippen LogP contribution in [0.2, 0.25) is 0 Å². The SMILES string of the molecule is CSc1ccc(C[NH+](C)[C@@H](C)C(=O)Nc2ccccc2C#N)cc1. The number of nitriles is 1. The Morgan fingerprint density at radius 1 is 1.25 bits per heavy atom. The van der Waals surface area contributed by atoms with E-state index in [1.807, 2.05) is 20.0 Å². The highest BCUT2D eigenvalue weighted by molar-refractivity contribution is 7.98. The van der Waals surface area contributed by atoms with E-state index in [1.165, 1.54) is 10.5 Å². The Labute approximate surface area is 147 Å². The van der Waals surface area contributed by atoms with Crippen molar-refractivity contribution in [3.05, 3.63) is 59.7 Å². The van der Waals surface area contributed by atoms with Crippen molar-refractivity contribution in [2.75, 3.05) is 18.6 Å². The molecule has 1 amide bonds. The van der Waals surface area contributed by atoms with Gasteiger partial charge in [-0.25, -0.2) is 0 Å². The van der Waals surface area contributed by atoms with E-state index in [4.69, 9.17) is 5.26 Å². The molecular formula is C19H22N3OS+. The van der Waals surface area contributed by atoms with Crippen LogP contribution in [0.25, 0.3) is 0 Å². The molecule has 0 aliphatic carbocycles. The largest absolute Gasteiger partial charge is 0.324 e. The van der Waals surface area contributed by atoms with Crippen molar-refractivity contribution in [3.8, 4) is 6.07 Å². The van der Waals surface area contributed by atoms with Crippen LogP contribution in [0.15, 0.2) is 53.4 Å². The number of anilines is 1. The summed E-state index contributed by atoms with van der Waals surface area (Å²) in [4.78, 5) is 14.8. The summed E-state index contributed by atoms with van der Waals surface area (Å²) in [7, 11) is 2.00. The maximum atomic E-state index is 12.5. The fourth-order valence-corrected chi connectivity index (χ4v) is 2.78. The van der Waals surface area contributed by atoms with Crippen LogP contribution in [-0.2, 0) is 11.3 Å². The monoisotopic (exact) mass is 340 g/mol. The molecule has 2 atom stereocenters. The number of carbonyl (C=O) groups is 1. The van der Waals surface area contributed by atoms with E-state index in [1.54, 1.807) is 30.0 Å². The number of hydrogen-bond donors (Lipinski definition) is 2. The summed E-state index contributed by atoms with van der Waals surface area (Å²) in [5.74, 6) is -0.0871. The molecule has 0 bridgehead atoms. The maximum absolute atomic E-state index is 12.5. The topological polar surface area (TPSA) is 57.3 Å². The van der Waals surface area contributed by atoms with E-state index in [0.717, 1.165) is 11.4 Å². The van der Waals surface area contributed by atoms with Gasteiger partial charge in [-0.2, -0.15) is 5.26 Å². The minimum Gasteiger partial charge on any atom is -0.324 e. The first-order chi connectivity index (χ1) is 11.5. The highest BCUT2D eigenvalue weighted by Crippen LogP contribution is 2.15. The molecule has 0 heterocycles. The van der Waals surface area contributed by atoms with E-state index in [2.05, 4.69) is 41.9 Å². The van der Waals surface area contributed by atoms with Gasteiger partial charge in [0.1, 0.15) is 12.6 Å². The molecule has 0 fully saturated rings. The number of nitrogens with one attached hydrogen (secondary N) is 2. The molecular weight excluding hydrogens is 318 g/mol. The summed E-state index contributed by atoms with van der Waals surface area (Å²) >= 11 is 1.72. The third-order valence-corrected chi connectivity index (χ3v) is 4.82. The van der Waals surface area contributed by atoms with Crippen molar-refractivity contribution >= 4 is 23.4 Å². The third kappa shape index (κ3) is 4.60. The minimum atomic E-state index is -0.225. The molecule has 5 heteroatoms. The van der Waals surface area contributed by atoms with Crippen molar-refractivity contribution < 1.29 is 9.69 Å². The number of likely N-dealkylation sites (N-methyl/N-ethyl adjacent to an activating group) is 1. The summed E-state index contributed by atoms with van der Waals surface area (Å²) in [5.41, 5.74) is 2.24. The molecule has 0 aliphatic rings. The maximum Gasteiger partial charge on any atom is 0.282 e. The first kappa shape index (κ1) is 18.1. The predicted octanol–water partition coefficient (Wildman–Crippen LogP) is 2.32. The number of hydrogen-bond acceptors (Lipinski definition) is 3. The average Bonchev–Trinajstić information content (AvgIpc) is 2.62.